The number of rotatable bonds is 8. The molecule has 0 aliphatic carbocycles. The van der Waals surface area contributed by atoms with Gasteiger partial charge in [-0.3, -0.25) is 9.59 Å². The standard InChI is InChI=1S/C13H21N3O8/c1-7(17)22-6-9-10(19)11(20)12(23-8(2)18)13(24-9)21-5-3-4-15-16-14/h9-13,19-20H,3-6H2,1-2H3. The molecule has 0 aromatic heterocycles. The summed E-state index contributed by atoms with van der Waals surface area (Å²) in [4.78, 5) is 24.6. The lowest BCUT2D eigenvalue weighted by atomic mass is 9.99. The summed E-state index contributed by atoms with van der Waals surface area (Å²) in [6.07, 6.45) is -5.99. The topological polar surface area (TPSA) is 160 Å². The van der Waals surface area contributed by atoms with Crippen molar-refractivity contribution in [2.45, 2.75) is 51.0 Å². The molecule has 2 N–H and O–H groups in total. The van der Waals surface area contributed by atoms with Crippen LogP contribution < -0.4 is 0 Å². The Morgan fingerprint density at radius 1 is 1.25 bits per heavy atom. The van der Waals surface area contributed by atoms with E-state index in [0.717, 1.165) is 6.92 Å². The van der Waals surface area contributed by atoms with E-state index >= 15 is 0 Å². The van der Waals surface area contributed by atoms with Gasteiger partial charge in [0.25, 0.3) is 0 Å². The molecule has 24 heavy (non-hydrogen) atoms. The van der Waals surface area contributed by atoms with Gasteiger partial charge in [0, 0.05) is 25.3 Å². The lowest BCUT2D eigenvalue weighted by Crippen LogP contribution is -2.60. The third kappa shape index (κ3) is 6.30. The van der Waals surface area contributed by atoms with Crippen LogP contribution in [-0.4, -0.2) is 72.6 Å². The highest BCUT2D eigenvalue weighted by Crippen LogP contribution is 2.25. The van der Waals surface area contributed by atoms with E-state index in [2.05, 4.69) is 10.0 Å². The summed E-state index contributed by atoms with van der Waals surface area (Å²) in [6.45, 7) is 2.34. The molecular formula is C13H21N3O8. The maximum absolute atomic E-state index is 11.2. The van der Waals surface area contributed by atoms with Gasteiger partial charge >= 0.3 is 11.9 Å². The molecule has 136 valence electrons. The maximum atomic E-state index is 11.2. The van der Waals surface area contributed by atoms with Crippen LogP contribution in [0.1, 0.15) is 20.3 Å². The first-order valence-electron chi connectivity index (χ1n) is 7.31. The van der Waals surface area contributed by atoms with Crippen LogP contribution in [0.4, 0.5) is 0 Å². The van der Waals surface area contributed by atoms with Crippen molar-refractivity contribution in [3.05, 3.63) is 10.4 Å². The van der Waals surface area contributed by atoms with Gasteiger partial charge in [0.2, 0.25) is 0 Å². The molecule has 1 heterocycles. The average Bonchev–Trinajstić information content (AvgIpc) is 2.51. The van der Waals surface area contributed by atoms with Crippen molar-refractivity contribution in [1.82, 2.24) is 0 Å². The van der Waals surface area contributed by atoms with Crippen LogP contribution in [0, 0.1) is 0 Å². The van der Waals surface area contributed by atoms with Crippen molar-refractivity contribution in [1.29, 1.82) is 0 Å². The van der Waals surface area contributed by atoms with Gasteiger partial charge in [0.05, 0.1) is 6.61 Å². The molecule has 0 amide bonds. The predicted molar refractivity (Wildman–Crippen MR) is 77.4 cm³/mol. The minimum absolute atomic E-state index is 0.102. The van der Waals surface area contributed by atoms with Crippen LogP contribution in [-0.2, 0) is 28.5 Å². The number of carbonyl (C=O) groups excluding carboxylic acids is 2. The third-order valence-electron chi connectivity index (χ3n) is 3.15. The molecule has 5 unspecified atom stereocenters. The molecule has 5 atom stereocenters. The first-order chi connectivity index (χ1) is 11.4. The smallest absolute Gasteiger partial charge is 0.303 e. The van der Waals surface area contributed by atoms with Gasteiger partial charge in [0.1, 0.15) is 24.9 Å². The molecule has 0 bridgehead atoms. The Labute approximate surface area is 138 Å². The van der Waals surface area contributed by atoms with Gasteiger partial charge < -0.3 is 29.2 Å². The Morgan fingerprint density at radius 2 is 1.96 bits per heavy atom. The lowest BCUT2D eigenvalue weighted by Gasteiger charge is -2.41. The van der Waals surface area contributed by atoms with Gasteiger partial charge in [-0.25, -0.2) is 0 Å². The van der Waals surface area contributed by atoms with Crippen molar-refractivity contribution in [3.63, 3.8) is 0 Å². The maximum Gasteiger partial charge on any atom is 0.303 e. The fraction of sp³-hybridized carbons (Fsp3) is 0.846. The Kier molecular flexibility index (Phi) is 8.44. The molecule has 0 aromatic carbocycles. The molecule has 1 saturated heterocycles. The van der Waals surface area contributed by atoms with Crippen LogP contribution in [0.3, 0.4) is 0 Å². The second kappa shape index (κ2) is 10.1. The summed E-state index contributed by atoms with van der Waals surface area (Å²) in [5, 5.41) is 23.5. The minimum atomic E-state index is -1.48. The van der Waals surface area contributed by atoms with E-state index < -0.39 is 42.6 Å². The Hall–Kier alpha value is -1.91. The van der Waals surface area contributed by atoms with E-state index in [9.17, 15) is 19.8 Å². The van der Waals surface area contributed by atoms with E-state index in [1.54, 1.807) is 0 Å². The highest BCUT2D eigenvalue weighted by atomic mass is 16.7. The normalized spacial score (nSPS) is 29.4. The zero-order chi connectivity index (χ0) is 18.1. The predicted octanol–water partition coefficient (Wildman–Crippen LogP) is -0.355. The number of nitrogens with zero attached hydrogens (tertiary/aromatic N) is 3. The summed E-state index contributed by atoms with van der Waals surface area (Å²) in [7, 11) is 0. The number of hydrogen-bond acceptors (Lipinski definition) is 9. The van der Waals surface area contributed by atoms with Gasteiger partial charge in [-0.1, -0.05) is 5.11 Å². The first kappa shape index (κ1) is 20.1. The van der Waals surface area contributed by atoms with Crippen molar-refractivity contribution >= 4 is 11.9 Å². The number of hydrogen-bond donors (Lipinski definition) is 2. The summed E-state index contributed by atoms with van der Waals surface area (Å²) < 4.78 is 20.6. The monoisotopic (exact) mass is 347 g/mol. The fourth-order valence-corrected chi connectivity index (χ4v) is 2.07. The second-order valence-electron chi connectivity index (χ2n) is 5.08. The number of azide groups is 1. The SMILES string of the molecule is CC(=O)OCC1OC(OCCCN=[N+]=[N-])C(OC(C)=O)C(O)C1O. The molecule has 11 heteroatoms. The molecule has 0 saturated carbocycles. The zero-order valence-electron chi connectivity index (χ0n) is 13.4. The Bertz CT molecular complexity index is 480. The van der Waals surface area contributed by atoms with Gasteiger partial charge in [0.15, 0.2) is 12.4 Å². The molecule has 0 aromatic rings. The Morgan fingerprint density at radius 3 is 2.54 bits per heavy atom. The third-order valence-corrected chi connectivity index (χ3v) is 3.15. The van der Waals surface area contributed by atoms with E-state index in [4.69, 9.17) is 24.5 Å². The highest BCUT2D eigenvalue weighted by molar-refractivity contribution is 5.66. The average molecular weight is 347 g/mol. The zero-order valence-corrected chi connectivity index (χ0v) is 13.4. The van der Waals surface area contributed by atoms with Crippen molar-refractivity contribution in [3.8, 4) is 0 Å². The van der Waals surface area contributed by atoms with Crippen molar-refractivity contribution < 1.29 is 38.7 Å². The van der Waals surface area contributed by atoms with Gasteiger partial charge in [-0.15, -0.1) is 0 Å². The lowest BCUT2D eigenvalue weighted by molar-refractivity contribution is -0.304. The summed E-state index contributed by atoms with van der Waals surface area (Å²) in [5.41, 5.74) is 8.19. The number of ether oxygens (including phenoxy) is 4. The van der Waals surface area contributed by atoms with E-state index in [0.29, 0.717) is 6.42 Å². The molecule has 1 aliphatic heterocycles. The highest BCUT2D eigenvalue weighted by Gasteiger charge is 2.47. The van der Waals surface area contributed by atoms with Gasteiger partial charge in [-0.2, -0.15) is 0 Å². The number of esters is 2. The van der Waals surface area contributed by atoms with Crippen LogP contribution in [0.5, 0.6) is 0 Å². The molecular weight excluding hydrogens is 326 g/mol. The Balaban J connectivity index is 2.71. The minimum Gasteiger partial charge on any atom is -0.463 e. The quantitative estimate of drug-likeness (QED) is 0.198. The largest absolute Gasteiger partial charge is 0.463 e. The second-order valence-corrected chi connectivity index (χ2v) is 5.08. The van der Waals surface area contributed by atoms with Crippen LogP contribution in [0.15, 0.2) is 5.11 Å². The first-order valence-corrected chi connectivity index (χ1v) is 7.31. The van der Waals surface area contributed by atoms with E-state index in [1.807, 2.05) is 0 Å². The summed E-state index contributed by atoms with van der Waals surface area (Å²) in [5.74, 6) is -1.26. The molecule has 1 fully saturated rings. The van der Waals surface area contributed by atoms with Crippen LogP contribution in [0.2, 0.25) is 0 Å². The molecule has 0 spiro atoms. The van der Waals surface area contributed by atoms with Crippen molar-refractivity contribution in [2.24, 2.45) is 5.11 Å². The number of aliphatic hydroxyl groups is 2. The van der Waals surface area contributed by atoms with E-state index in [1.165, 1.54) is 6.92 Å². The molecule has 1 rings (SSSR count). The van der Waals surface area contributed by atoms with Crippen molar-refractivity contribution in [2.75, 3.05) is 19.8 Å². The molecule has 0 radical (unpaired) electrons. The van der Waals surface area contributed by atoms with E-state index in [-0.39, 0.29) is 19.8 Å². The number of aliphatic hydroxyl groups excluding tert-OH is 2. The van der Waals surface area contributed by atoms with Crippen LogP contribution in [0.25, 0.3) is 10.4 Å². The molecule has 1 aliphatic rings. The summed E-state index contributed by atoms with van der Waals surface area (Å²) in [6, 6.07) is 0. The number of carbonyl (C=O) groups is 2. The van der Waals surface area contributed by atoms with Crippen LogP contribution >= 0.6 is 0 Å². The van der Waals surface area contributed by atoms with Gasteiger partial charge in [-0.05, 0) is 12.0 Å². The summed E-state index contributed by atoms with van der Waals surface area (Å²) >= 11 is 0. The fourth-order valence-electron chi connectivity index (χ4n) is 2.07. The molecule has 11 nitrogen and oxygen atoms in total.